The zero-order chi connectivity index (χ0) is 16.8. The predicted octanol–water partition coefficient (Wildman–Crippen LogP) is 4.47. The van der Waals surface area contributed by atoms with E-state index in [0.717, 1.165) is 28.9 Å². The van der Waals surface area contributed by atoms with Gasteiger partial charge in [0.2, 0.25) is 5.91 Å². The number of rotatable bonds is 7. The lowest BCUT2D eigenvalue weighted by Crippen LogP contribution is -2.38. The molecule has 2 rings (SSSR count). The summed E-state index contributed by atoms with van der Waals surface area (Å²) in [6.45, 7) is 10.3. The van der Waals surface area contributed by atoms with Gasteiger partial charge in [0.05, 0.1) is 11.3 Å². The molecule has 1 heterocycles. The van der Waals surface area contributed by atoms with E-state index in [0.29, 0.717) is 17.6 Å². The van der Waals surface area contributed by atoms with Crippen molar-refractivity contribution >= 4 is 28.6 Å². The second-order valence-electron chi connectivity index (χ2n) is 6.70. The number of hydrogen-bond donors (Lipinski definition) is 0. The van der Waals surface area contributed by atoms with Crippen LogP contribution in [0.1, 0.15) is 27.7 Å². The normalized spacial score (nSPS) is 11.4. The highest BCUT2D eigenvalue weighted by molar-refractivity contribution is 8.00. The molecule has 124 valence electrons. The van der Waals surface area contributed by atoms with E-state index in [2.05, 4.69) is 38.7 Å². The molecule has 0 atom stereocenters. The van der Waals surface area contributed by atoms with Crippen molar-refractivity contribution in [1.82, 2.24) is 9.88 Å². The summed E-state index contributed by atoms with van der Waals surface area (Å²) in [7, 11) is 0. The maximum Gasteiger partial charge on any atom is 0.232 e. The third-order valence-electron chi connectivity index (χ3n) is 3.48. The molecule has 0 unspecified atom stereocenters. The molecule has 3 nitrogen and oxygen atoms in total. The first kappa shape index (κ1) is 17.8. The lowest BCUT2D eigenvalue weighted by atomic mass is 10.1. The molecule has 0 radical (unpaired) electrons. The Labute approximate surface area is 143 Å². The van der Waals surface area contributed by atoms with Crippen molar-refractivity contribution in [1.29, 1.82) is 0 Å². The van der Waals surface area contributed by atoms with Crippen LogP contribution < -0.4 is 0 Å². The topological polar surface area (TPSA) is 33.2 Å². The van der Waals surface area contributed by atoms with E-state index >= 15 is 0 Å². The van der Waals surface area contributed by atoms with Crippen LogP contribution in [0.5, 0.6) is 0 Å². The van der Waals surface area contributed by atoms with Crippen LogP contribution in [0, 0.1) is 11.8 Å². The van der Waals surface area contributed by atoms with Gasteiger partial charge < -0.3 is 4.90 Å². The quantitative estimate of drug-likeness (QED) is 0.702. The molecule has 0 aliphatic rings. The number of fused-ring (bicyclic) bond motifs is 1. The van der Waals surface area contributed by atoms with E-state index in [4.69, 9.17) is 0 Å². The van der Waals surface area contributed by atoms with Crippen LogP contribution in [0.4, 0.5) is 0 Å². The molecule has 2 aromatic rings. The fourth-order valence-electron chi connectivity index (χ4n) is 2.59. The maximum atomic E-state index is 12.6. The predicted molar refractivity (Wildman–Crippen MR) is 98.7 cm³/mol. The first-order valence-electron chi connectivity index (χ1n) is 8.21. The number of carbonyl (C=O) groups excluding carboxylic acids is 1. The van der Waals surface area contributed by atoms with E-state index in [1.165, 1.54) is 0 Å². The Balaban J connectivity index is 2.06. The minimum absolute atomic E-state index is 0.221. The monoisotopic (exact) mass is 330 g/mol. The average Bonchev–Trinajstić information content (AvgIpc) is 2.51. The molecule has 0 fully saturated rings. The van der Waals surface area contributed by atoms with E-state index in [1.807, 2.05) is 35.4 Å². The van der Waals surface area contributed by atoms with Crippen molar-refractivity contribution in [2.45, 2.75) is 32.6 Å². The van der Waals surface area contributed by atoms with Crippen LogP contribution in [0.2, 0.25) is 0 Å². The number of thioether (sulfide) groups is 1. The molecule has 1 aromatic heterocycles. The molecule has 0 aliphatic heterocycles. The molecule has 0 bridgehead atoms. The third kappa shape index (κ3) is 5.24. The van der Waals surface area contributed by atoms with Gasteiger partial charge in [-0.1, -0.05) is 45.9 Å². The highest BCUT2D eigenvalue weighted by Crippen LogP contribution is 2.26. The highest BCUT2D eigenvalue weighted by atomic mass is 32.2. The number of aromatic nitrogens is 1. The van der Waals surface area contributed by atoms with E-state index in [9.17, 15) is 4.79 Å². The van der Waals surface area contributed by atoms with Crippen LogP contribution >= 0.6 is 11.8 Å². The van der Waals surface area contributed by atoms with Crippen LogP contribution in [0.3, 0.4) is 0 Å². The van der Waals surface area contributed by atoms with Crippen molar-refractivity contribution in [2.24, 2.45) is 11.8 Å². The van der Waals surface area contributed by atoms with Crippen molar-refractivity contribution in [3.8, 4) is 0 Å². The van der Waals surface area contributed by atoms with Crippen LogP contribution in [-0.2, 0) is 4.79 Å². The molecule has 0 aliphatic carbocycles. The zero-order valence-electron chi connectivity index (χ0n) is 14.5. The third-order valence-corrected chi connectivity index (χ3v) is 4.54. The molecular weight excluding hydrogens is 304 g/mol. The first-order valence-corrected chi connectivity index (χ1v) is 9.20. The summed E-state index contributed by atoms with van der Waals surface area (Å²) in [5, 5.41) is 1.12. The number of para-hydroxylation sites is 1. The number of pyridine rings is 1. The summed E-state index contributed by atoms with van der Waals surface area (Å²) < 4.78 is 0. The van der Waals surface area contributed by atoms with Gasteiger partial charge in [-0.05, 0) is 24.0 Å². The fraction of sp³-hybridized carbons (Fsp3) is 0.474. The number of carbonyl (C=O) groups is 1. The second-order valence-corrected chi connectivity index (χ2v) is 7.72. The van der Waals surface area contributed by atoms with Gasteiger partial charge in [0.25, 0.3) is 0 Å². The van der Waals surface area contributed by atoms with E-state index < -0.39 is 0 Å². The number of benzene rings is 1. The summed E-state index contributed by atoms with van der Waals surface area (Å²) in [6.07, 6.45) is 1.81. The smallest absolute Gasteiger partial charge is 0.232 e. The summed E-state index contributed by atoms with van der Waals surface area (Å²) in [6, 6.07) is 10.1. The van der Waals surface area contributed by atoms with Crippen LogP contribution in [-0.4, -0.2) is 34.6 Å². The number of nitrogens with zero attached hydrogens (tertiary/aromatic N) is 2. The van der Waals surface area contributed by atoms with Gasteiger partial charge in [-0.25, -0.2) is 0 Å². The zero-order valence-corrected chi connectivity index (χ0v) is 15.3. The summed E-state index contributed by atoms with van der Waals surface area (Å²) in [5.41, 5.74) is 0.978. The molecular formula is C19H26N2OS. The lowest BCUT2D eigenvalue weighted by molar-refractivity contribution is -0.129. The van der Waals surface area contributed by atoms with E-state index in [1.54, 1.807) is 11.8 Å². The molecule has 0 spiro atoms. The Morgan fingerprint density at radius 2 is 1.74 bits per heavy atom. The van der Waals surface area contributed by atoms with Crippen molar-refractivity contribution in [3.63, 3.8) is 0 Å². The maximum absolute atomic E-state index is 12.6. The Morgan fingerprint density at radius 3 is 2.39 bits per heavy atom. The number of amides is 1. The standard InChI is InChI=1S/C19H26N2OS/c1-14(2)11-21(12-15(3)4)19(22)13-23-18-9-10-20-17-8-6-5-7-16(17)18/h5-10,14-15H,11-13H2,1-4H3. The Hall–Kier alpha value is -1.55. The highest BCUT2D eigenvalue weighted by Gasteiger charge is 2.16. The molecule has 1 aromatic carbocycles. The fourth-order valence-corrected chi connectivity index (χ4v) is 3.53. The molecule has 4 heteroatoms. The molecule has 0 saturated heterocycles. The largest absolute Gasteiger partial charge is 0.341 e. The lowest BCUT2D eigenvalue weighted by Gasteiger charge is -2.26. The summed E-state index contributed by atoms with van der Waals surface area (Å²) in [5.74, 6) is 1.68. The number of hydrogen-bond acceptors (Lipinski definition) is 3. The molecule has 0 saturated carbocycles. The van der Waals surface area contributed by atoms with Gasteiger partial charge in [0, 0.05) is 29.6 Å². The van der Waals surface area contributed by atoms with Crippen LogP contribution in [0.15, 0.2) is 41.4 Å². The van der Waals surface area contributed by atoms with Gasteiger partial charge in [-0.15, -0.1) is 11.8 Å². The minimum Gasteiger partial charge on any atom is -0.341 e. The second kappa shape index (κ2) is 8.34. The Morgan fingerprint density at radius 1 is 1.09 bits per heavy atom. The summed E-state index contributed by atoms with van der Waals surface area (Å²) >= 11 is 1.61. The Bertz CT molecular complexity index is 639. The minimum atomic E-state index is 0.221. The van der Waals surface area contributed by atoms with Crippen molar-refractivity contribution in [2.75, 3.05) is 18.8 Å². The average molecular weight is 330 g/mol. The SMILES string of the molecule is CC(C)CN(CC(C)C)C(=O)CSc1ccnc2ccccc12. The first-order chi connectivity index (χ1) is 11.0. The molecule has 0 N–H and O–H groups in total. The molecule has 1 amide bonds. The van der Waals surface area contributed by atoms with Crippen molar-refractivity contribution < 1.29 is 4.79 Å². The molecule has 23 heavy (non-hydrogen) atoms. The van der Waals surface area contributed by atoms with Crippen LogP contribution in [0.25, 0.3) is 10.9 Å². The van der Waals surface area contributed by atoms with Gasteiger partial charge in [-0.3, -0.25) is 9.78 Å². The van der Waals surface area contributed by atoms with Gasteiger partial charge in [0.1, 0.15) is 0 Å². The van der Waals surface area contributed by atoms with Crippen molar-refractivity contribution in [3.05, 3.63) is 36.5 Å². The van der Waals surface area contributed by atoms with E-state index in [-0.39, 0.29) is 5.91 Å². The van der Waals surface area contributed by atoms with Gasteiger partial charge in [0.15, 0.2) is 0 Å². The van der Waals surface area contributed by atoms with Gasteiger partial charge >= 0.3 is 0 Å². The summed E-state index contributed by atoms with van der Waals surface area (Å²) in [4.78, 5) is 20.1. The van der Waals surface area contributed by atoms with Gasteiger partial charge in [-0.2, -0.15) is 0 Å². The Kier molecular flexibility index (Phi) is 6.46.